The fourth-order valence-electron chi connectivity index (χ4n) is 1.40. The summed E-state index contributed by atoms with van der Waals surface area (Å²) in [6, 6.07) is 5.00. The highest BCUT2D eigenvalue weighted by molar-refractivity contribution is 8.00. The Kier molecular flexibility index (Phi) is 6.54. The number of hydrogen-bond donors (Lipinski definition) is 2. The van der Waals surface area contributed by atoms with Crippen LogP contribution in [-0.2, 0) is 4.79 Å². The summed E-state index contributed by atoms with van der Waals surface area (Å²) >= 11 is -0.247. The summed E-state index contributed by atoms with van der Waals surface area (Å²) in [7, 11) is 0. The lowest BCUT2D eigenvalue weighted by molar-refractivity contribution is -0.120. The number of nitrogens with one attached hydrogen (secondary N) is 2. The number of carbonyl (C=O) groups is 2. The van der Waals surface area contributed by atoms with Gasteiger partial charge in [0.15, 0.2) is 0 Å². The molecule has 0 fully saturated rings. The van der Waals surface area contributed by atoms with E-state index in [4.69, 9.17) is 0 Å². The molecule has 2 N–H and O–H groups in total. The molecule has 0 saturated carbocycles. The van der Waals surface area contributed by atoms with Crippen molar-refractivity contribution < 1.29 is 22.8 Å². The van der Waals surface area contributed by atoms with Crippen LogP contribution in [0.2, 0.25) is 0 Å². The number of halogens is 3. The molecular weight excluding hydrogens is 305 g/mol. The molecule has 0 saturated heterocycles. The molecule has 1 rings (SSSR count). The zero-order valence-electron chi connectivity index (χ0n) is 11.3. The van der Waals surface area contributed by atoms with Gasteiger partial charge in [0.2, 0.25) is 5.91 Å². The van der Waals surface area contributed by atoms with Crippen molar-refractivity contribution in [2.24, 2.45) is 0 Å². The highest BCUT2D eigenvalue weighted by atomic mass is 32.2. The number of carbonyl (C=O) groups excluding carboxylic acids is 2. The van der Waals surface area contributed by atoms with Gasteiger partial charge in [-0.3, -0.25) is 9.59 Å². The topological polar surface area (TPSA) is 58.2 Å². The molecule has 21 heavy (non-hydrogen) atoms. The number of amides is 2. The monoisotopic (exact) mass is 320 g/mol. The standard InChI is InChI=1S/C13H15F3N2O2S/c1-2-7-17-11(19)8-18-12(20)9-3-5-10(6-4-9)21-13(14,15)16/h3-6H,2,7-8H2,1H3,(H,17,19)(H,18,20). The molecule has 0 aromatic heterocycles. The van der Waals surface area contributed by atoms with Crippen molar-refractivity contribution >= 4 is 23.6 Å². The zero-order valence-corrected chi connectivity index (χ0v) is 12.1. The van der Waals surface area contributed by atoms with Gasteiger partial charge >= 0.3 is 5.51 Å². The van der Waals surface area contributed by atoms with Crippen LogP contribution in [0, 0.1) is 0 Å². The Hall–Kier alpha value is -1.70. The van der Waals surface area contributed by atoms with Crippen LogP contribution in [0.5, 0.6) is 0 Å². The minimum absolute atomic E-state index is 0.000242. The number of benzene rings is 1. The van der Waals surface area contributed by atoms with E-state index in [1.54, 1.807) is 0 Å². The molecule has 116 valence electrons. The Bertz CT molecular complexity index is 489. The maximum atomic E-state index is 12.2. The van der Waals surface area contributed by atoms with Crippen LogP contribution in [0.4, 0.5) is 13.2 Å². The molecular formula is C13H15F3N2O2S. The number of thioether (sulfide) groups is 1. The third-order valence-corrected chi connectivity index (χ3v) is 3.07. The summed E-state index contributed by atoms with van der Waals surface area (Å²) in [5.41, 5.74) is -4.16. The van der Waals surface area contributed by atoms with E-state index >= 15 is 0 Å². The average Bonchev–Trinajstić information content (AvgIpc) is 2.41. The number of alkyl halides is 3. The van der Waals surface area contributed by atoms with E-state index < -0.39 is 11.4 Å². The summed E-state index contributed by atoms with van der Waals surface area (Å²) in [4.78, 5) is 23.0. The van der Waals surface area contributed by atoms with Gasteiger partial charge in [0, 0.05) is 17.0 Å². The van der Waals surface area contributed by atoms with E-state index in [-0.39, 0.29) is 34.7 Å². The second-order valence-corrected chi connectivity index (χ2v) is 5.24. The van der Waals surface area contributed by atoms with E-state index in [0.29, 0.717) is 6.54 Å². The zero-order chi connectivity index (χ0) is 15.9. The van der Waals surface area contributed by atoms with E-state index in [2.05, 4.69) is 10.6 Å². The van der Waals surface area contributed by atoms with Gasteiger partial charge in [-0.2, -0.15) is 13.2 Å². The third-order valence-electron chi connectivity index (χ3n) is 2.33. The molecule has 0 aliphatic carbocycles. The van der Waals surface area contributed by atoms with Crippen molar-refractivity contribution in [1.82, 2.24) is 10.6 Å². The SMILES string of the molecule is CCCNC(=O)CNC(=O)c1ccc(SC(F)(F)F)cc1. The van der Waals surface area contributed by atoms with E-state index in [0.717, 1.165) is 6.42 Å². The fraction of sp³-hybridized carbons (Fsp3) is 0.385. The lowest BCUT2D eigenvalue weighted by atomic mass is 10.2. The molecule has 0 radical (unpaired) electrons. The van der Waals surface area contributed by atoms with Crippen molar-refractivity contribution in [2.45, 2.75) is 23.7 Å². The Morgan fingerprint density at radius 3 is 2.29 bits per heavy atom. The van der Waals surface area contributed by atoms with Crippen molar-refractivity contribution in [3.63, 3.8) is 0 Å². The molecule has 0 aliphatic rings. The molecule has 4 nitrogen and oxygen atoms in total. The minimum Gasteiger partial charge on any atom is -0.355 e. The van der Waals surface area contributed by atoms with Crippen molar-refractivity contribution in [3.05, 3.63) is 29.8 Å². The van der Waals surface area contributed by atoms with Gasteiger partial charge in [0.1, 0.15) is 0 Å². The first-order valence-electron chi connectivity index (χ1n) is 6.22. The largest absolute Gasteiger partial charge is 0.446 e. The van der Waals surface area contributed by atoms with Gasteiger partial charge in [0.25, 0.3) is 5.91 Å². The molecule has 0 bridgehead atoms. The highest BCUT2D eigenvalue weighted by Crippen LogP contribution is 2.36. The van der Waals surface area contributed by atoms with Gasteiger partial charge in [-0.25, -0.2) is 0 Å². The Balaban J connectivity index is 2.50. The van der Waals surface area contributed by atoms with E-state index in [9.17, 15) is 22.8 Å². The lowest BCUT2D eigenvalue weighted by Crippen LogP contribution is -2.37. The fourth-order valence-corrected chi connectivity index (χ4v) is 1.94. The summed E-state index contributed by atoms with van der Waals surface area (Å²) < 4.78 is 36.5. The molecule has 1 aromatic carbocycles. The predicted molar refractivity (Wildman–Crippen MR) is 74.0 cm³/mol. The Morgan fingerprint density at radius 2 is 1.76 bits per heavy atom. The van der Waals surface area contributed by atoms with Gasteiger partial charge in [0.05, 0.1) is 6.54 Å². The first-order valence-corrected chi connectivity index (χ1v) is 7.04. The summed E-state index contributed by atoms with van der Waals surface area (Å²) in [5, 5.41) is 4.99. The molecule has 0 unspecified atom stereocenters. The molecule has 8 heteroatoms. The van der Waals surface area contributed by atoms with Gasteiger partial charge in [-0.15, -0.1) is 0 Å². The first-order chi connectivity index (χ1) is 9.81. The molecule has 0 heterocycles. The van der Waals surface area contributed by atoms with Crippen LogP contribution in [0.3, 0.4) is 0 Å². The van der Waals surface area contributed by atoms with E-state index in [1.807, 2.05) is 6.92 Å². The van der Waals surface area contributed by atoms with Gasteiger partial charge < -0.3 is 10.6 Å². The summed E-state index contributed by atoms with van der Waals surface area (Å²) in [6.07, 6.45) is 0.790. The highest BCUT2D eigenvalue weighted by Gasteiger charge is 2.29. The number of hydrogen-bond acceptors (Lipinski definition) is 3. The van der Waals surface area contributed by atoms with Crippen molar-refractivity contribution in [1.29, 1.82) is 0 Å². The quantitative estimate of drug-likeness (QED) is 0.792. The Labute approximate surface area is 124 Å². The first kappa shape index (κ1) is 17.4. The smallest absolute Gasteiger partial charge is 0.355 e. The molecule has 2 amide bonds. The maximum Gasteiger partial charge on any atom is 0.446 e. The lowest BCUT2D eigenvalue weighted by Gasteiger charge is -2.08. The third kappa shape index (κ3) is 7.03. The maximum absolute atomic E-state index is 12.2. The molecule has 0 atom stereocenters. The van der Waals surface area contributed by atoms with E-state index in [1.165, 1.54) is 24.3 Å². The Morgan fingerprint density at radius 1 is 1.14 bits per heavy atom. The average molecular weight is 320 g/mol. The summed E-state index contributed by atoms with van der Waals surface area (Å²) in [5.74, 6) is -0.820. The van der Waals surface area contributed by atoms with Crippen LogP contribution in [0.25, 0.3) is 0 Å². The number of rotatable bonds is 6. The van der Waals surface area contributed by atoms with Crippen LogP contribution in [-0.4, -0.2) is 30.4 Å². The van der Waals surface area contributed by atoms with Crippen LogP contribution in [0.15, 0.2) is 29.2 Å². The van der Waals surface area contributed by atoms with Gasteiger partial charge in [-0.1, -0.05) is 6.92 Å². The molecule has 0 spiro atoms. The van der Waals surface area contributed by atoms with Crippen LogP contribution < -0.4 is 10.6 Å². The normalized spacial score (nSPS) is 11.0. The predicted octanol–water partition coefficient (Wildman–Crippen LogP) is 2.55. The second kappa shape index (κ2) is 7.92. The van der Waals surface area contributed by atoms with Crippen LogP contribution in [0.1, 0.15) is 23.7 Å². The summed E-state index contributed by atoms with van der Waals surface area (Å²) in [6.45, 7) is 2.26. The minimum atomic E-state index is -4.36. The van der Waals surface area contributed by atoms with Crippen molar-refractivity contribution in [3.8, 4) is 0 Å². The van der Waals surface area contributed by atoms with Crippen molar-refractivity contribution in [2.75, 3.05) is 13.1 Å². The molecule has 1 aromatic rings. The van der Waals surface area contributed by atoms with Gasteiger partial charge in [-0.05, 0) is 42.4 Å². The van der Waals surface area contributed by atoms with Crippen LogP contribution >= 0.6 is 11.8 Å². The second-order valence-electron chi connectivity index (χ2n) is 4.10. The molecule has 0 aliphatic heterocycles.